The van der Waals surface area contributed by atoms with E-state index >= 15 is 0 Å². The number of carbonyl (C=O) groups is 2. The van der Waals surface area contributed by atoms with E-state index in [9.17, 15) is 18.0 Å². The molecular formula is C13H12N2O6S2. The minimum Gasteiger partial charge on any atom is -0.437 e. The Labute approximate surface area is 136 Å². The lowest BCUT2D eigenvalue weighted by Crippen LogP contribution is -2.15. The summed E-state index contributed by atoms with van der Waals surface area (Å²) in [7, 11) is -2.24. The van der Waals surface area contributed by atoms with Crippen molar-refractivity contribution in [2.24, 2.45) is 0 Å². The summed E-state index contributed by atoms with van der Waals surface area (Å²) in [6.45, 7) is 0. The number of aromatic nitrogens is 1. The van der Waals surface area contributed by atoms with E-state index < -0.39 is 21.9 Å². The van der Waals surface area contributed by atoms with Crippen molar-refractivity contribution in [3.05, 3.63) is 36.0 Å². The molecule has 1 aromatic heterocycles. The molecule has 0 spiro atoms. The summed E-state index contributed by atoms with van der Waals surface area (Å²) >= 11 is 0.824. The number of benzene rings is 1. The molecule has 1 amide bonds. The first-order valence-corrected chi connectivity index (χ1v) is 8.84. The molecule has 0 aliphatic heterocycles. The minimum absolute atomic E-state index is 0.0109. The normalized spacial score (nSPS) is 10.9. The topological polar surface area (TPSA) is 112 Å². The average molecular weight is 356 g/mol. The summed E-state index contributed by atoms with van der Waals surface area (Å²) in [5.74, 6) is -0.587. The molecule has 10 heteroatoms. The Balaban J connectivity index is 2.21. The van der Waals surface area contributed by atoms with Crippen molar-refractivity contribution in [1.29, 1.82) is 0 Å². The van der Waals surface area contributed by atoms with Crippen LogP contribution in [0.15, 0.2) is 34.7 Å². The van der Waals surface area contributed by atoms with Crippen molar-refractivity contribution in [2.45, 2.75) is 4.21 Å². The lowest BCUT2D eigenvalue weighted by molar-refractivity contribution is 0.101. The number of thiazole rings is 1. The molecule has 0 radical (unpaired) electrons. The standard InChI is InChI=1S/C13H12N2O6S2/c1-20-13(17)21-9-6-4-3-5-8(9)11(16)15-12-14-7-10(22-12)23(2,18)19/h3-7H,1-2H3,(H,14,15,16). The highest BCUT2D eigenvalue weighted by atomic mass is 32.2. The number of amides is 1. The fraction of sp³-hybridized carbons (Fsp3) is 0.154. The highest BCUT2D eigenvalue weighted by Gasteiger charge is 2.18. The lowest BCUT2D eigenvalue weighted by atomic mass is 10.2. The van der Waals surface area contributed by atoms with E-state index in [0.29, 0.717) is 0 Å². The van der Waals surface area contributed by atoms with Crippen LogP contribution in [0, 0.1) is 0 Å². The van der Waals surface area contributed by atoms with Crippen LogP contribution in [0.1, 0.15) is 10.4 Å². The smallest absolute Gasteiger partial charge is 0.437 e. The van der Waals surface area contributed by atoms with Crippen LogP contribution < -0.4 is 10.1 Å². The molecule has 0 bridgehead atoms. The summed E-state index contributed by atoms with van der Waals surface area (Å²) in [6.07, 6.45) is 1.25. The van der Waals surface area contributed by atoms with E-state index in [2.05, 4.69) is 15.0 Å². The van der Waals surface area contributed by atoms with Gasteiger partial charge >= 0.3 is 6.16 Å². The first-order chi connectivity index (χ1) is 10.8. The zero-order valence-electron chi connectivity index (χ0n) is 12.1. The molecule has 0 aliphatic rings. The van der Waals surface area contributed by atoms with E-state index in [1.807, 2.05) is 0 Å². The number of para-hydroxylation sites is 1. The first kappa shape index (κ1) is 16.9. The van der Waals surface area contributed by atoms with E-state index in [-0.39, 0.29) is 20.7 Å². The number of ether oxygens (including phenoxy) is 2. The van der Waals surface area contributed by atoms with Crippen LogP contribution in [0.25, 0.3) is 0 Å². The molecule has 1 N–H and O–H groups in total. The number of hydrogen-bond donors (Lipinski definition) is 1. The van der Waals surface area contributed by atoms with Crippen molar-refractivity contribution >= 4 is 38.4 Å². The van der Waals surface area contributed by atoms with Gasteiger partial charge in [0.1, 0.15) is 9.96 Å². The van der Waals surface area contributed by atoms with Crippen LogP contribution in [0.4, 0.5) is 9.93 Å². The molecule has 0 saturated heterocycles. The van der Waals surface area contributed by atoms with Gasteiger partial charge in [-0.2, -0.15) is 0 Å². The summed E-state index contributed by atoms with van der Waals surface area (Å²) in [6, 6.07) is 6.04. The molecule has 0 fully saturated rings. The van der Waals surface area contributed by atoms with Crippen molar-refractivity contribution in [3.8, 4) is 5.75 Å². The number of rotatable bonds is 4. The van der Waals surface area contributed by atoms with Gasteiger partial charge in [0.2, 0.25) is 0 Å². The van der Waals surface area contributed by atoms with Crippen LogP contribution in [0.5, 0.6) is 5.75 Å². The van der Waals surface area contributed by atoms with Crippen molar-refractivity contribution < 1.29 is 27.5 Å². The minimum atomic E-state index is -3.39. The number of nitrogens with one attached hydrogen (secondary N) is 1. The predicted molar refractivity (Wildman–Crippen MR) is 82.7 cm³/mol. The van der Waals surface area contributed by atoms with E-state index in [1.165, 1.54) is 12.1 Å². The molecule has 2 rings (SSSR count). The molecule has 0 saturated carbocycles. The second-order valence-electron chi connectivity index (χ2n) is 4.26. The third-order valence-corrected chi connectivity index (χ3v) is 5.26. The van der Waals surface area contributed by atoms with E-state index in [4.69, 9.17) is 4.74 Å². The zero-order chi connectivity index (χ0) is 17.0. The van der Waals surface area contributed by atoms with E-state index in [1.54, 1.807) is 12.1 Å². The molecule has 23 heavy (non-hydrogen) atoms. The Kier molecular flexibility index (Phi) is 4.96. The van der Waals surface area contributed by atoms with Gasteiger partial charge in [-0.1, -0.05) is 23.5 Å². The number of sulfone groups is 1. The lowest BCUT2D eigenvalue weighted by Gasteiger charge is -2.08. The Hall–Kier alpha value is -2.46. The van der Waals surface area contributed by atoms with Crippen molar-refractivity contribution in [1.82, 2.24) is 4.98 Å². The maximum atomic E-state index is 12.2. The number of carbonyl (C=O) groups excluding carboxylic acids is 2. The van der Waals surface area contributed by atoms with Gasteiger partial charge in [-0.15, -0.1) is 0 Å². The Morgan fingerprint density at radius 1 is 1.26 bits per heavy atom. The van der Waals surface area contributed by atoms with Gasteiger partial charge in [0, 0.05) is 6.26 Å². The maximum Gasteiger partial charge on any atom is 0.513 e. The Morgan fingerprint density at radius 3 is 2.57 bits per heavy atom. The van der Waals surface area contributed by atoms with Gasteiger partial charge in [-0.3, -0.25) is 10.1 Å². The van der Waals surface area contributed by atoms with Gasteiger partial charge in [0.25, 0.3) is 5.91 Å². The fourth-order valence-electron chi connectivity index (χ4n) is 1.53. The molecule has 122 valence electrons. The predicted octanol–water partition coefficient (Wildman–Crippen LogP) is 1.94. The largest absolute Gasteiger partial charge is 0.513 e. The summed E-state index contributed by atoms with van der Waals surface area (Å²) in [5.41, 5.74) is 0.0778. The molecule has 2 aromatic rings. The number of methoxy groups -OCH3 is 1. The highest BCUT2D eigenvalue weighted by molar-refractivity contribution is 7.92. The fourth-order valence-corrected chi connectivity index (χ4v) is 3.16. The van der Waals surface area contributed by atoms with Crippen LogP contribution in [-0.2, 0) is 14.6 Å². The van der Waals surface area contributed by atoms with Crippen molar-refractivity contribution in [3.63, 3.8) is 0 Å². The van der Waals surface area contributed by atoms with Crippen LogP contribution in [0.3, 0.4) is 0 Å². The Bertz CT molecular complexity index is 844. The zero-order valence-corrected chi connectivity index (χ0v) is 13.7. The number of nitrogens with zero attached hydrogens (tertiary/aromatic N) is 1. The van der Waals surface area contributed by atoms with Crippen molar-refractivity contribution in [2.75, 3.05) is 18.7 Å². The van der Waals surface area contributed by atoms with Gasteiger partial charge in [0.15, 0.2) is 15.0 Å². The summed E-state index contributed by atoms with van der Waals surface area (Å²) in [5, 5.41) is 2.57. The highest BCUT2D eigenvalue weighted by Crippen LogP contribution is 2.25. The average Bonchev–Trinajstić information content (AvgIpc) is 2.96. The van der Waals surface area contributed by atoms with Gasteiger partial charge in [-0.25, -0.2) is 18.2 Å². The third-order valence-electron chi connectivity index (χ3n) is 2.56. The molecule has 8 nitrogen and oxygen atoms in total. The Morgan fingerprint density at radius 2 is 1.96 bits per heavy atom. The first-order valence-electron chi connectivity index (χ1n) is 6.13. The quantitative estimate of drug-likeness (QED) is 0.658. The molecule has 1 aromatic carbocycles. The second-order valence-corrected chi connectivity index (χ2v) is 7.54. The van der Waals surface area contributed by atoms with Gasteiger partial charge in [-0.05, 0) is 12.1 Å². The number of hydrogen-bond acceptors (Lipinski definition) is 8. The SMILES string of the molecule is COC(=O)Oc1ccccc1C(=O)Nc1ncc(S(C)(=O)=O)s1. The molecule has 1 heterocycles. The van der Waals surface area contributed by atoms with Crippen LogP contribution >= 0.6 is 11.3 Å². The third kappa shape index (κ3) is 4.27. The molecule has 0 aliphatic carbocycles. The van der Waals surface area contributed by atoms with E-state index in [0.717, 1.165) is 30.9 Å². The summed E-state index contributed by atoms with van der Waals surface area (Å²) < 4.78 is 32.1. The maximum absolute atomic E-state index is 12.2. The number of anilines is 1. The van der Waals surface area contributed by atoms with Crippen LogP contribution in [0.2, 0.25) is 0 Å². The van der Waals surface area contributed by atoms with Gasteiger partial charge in [0.05, 0.1) is 18.9 Å². The van der Waals surface area contributed by atoms with Crippen LogP contribution in [-0.4, -0.2) is 38.8 Å². The molecule has 0 atom stereocenters. The monoisotopic (exact) mass is 356 g/mol. The van der Waals surface area contributed by atoms with Gasteiger partial charge < -0.3 is 9.47 Å². The molecule has 0 unspecified atom stereocenters. The summed E-state index contributed by atoms with van der Waals surface area (Å²) in [4.78, 5) is 27.2. The molecular weight excluding hydrogens is 344 g/mol. The second kappa shape index (κ2) is 6.75.